The van der Waals surface area contributed by atoms with E-state index in [4.69, 9.17) is 10.00 Å². The molecule has 1 aromatic rings. The van der Waals surface area contributed by atoms with Gasteiger partial charge in [-0.1, -0.05) is 12.1 Å². The highest BCUT2D eigenvalue weighted by molar-refractivity contribution is 8.14. The third-order valence-electron chi connectivity index (χ3n) is 1.95. The first-order valence-electron chi connectivity index (χ1n) is 4.75. The maximum Gasteiger partial charge on any atom is 0.238 e. The molecule has 0 heterocycles. The highest BCUT2D eigenvalue weighted by atomic mass is 32.2. The van der Waals surface area contributed by atoms with E-state index in [1.165, 1.54) is 14.0 Å². The first kappa shape index (κ1) is 13.1. The third kappa shape index (κ3) is 3.26. The number of benzene rings is 1. The van der Waals surface area contributed by atoms with Crippen LogP contribution >= 0.6 is 11.8 Å². The zero-order chi connectivity index (χ0) is 12.8. The number of hydrogen-bond acceptors (Lipinski definition) is 5. The summed E-state index contributed by atoms with van der Waals surface area (Å²) in [5, 5.41) is 17.4. The van der Waals surface area contributed by atoms with E-state index in [2.05, 4.69) is 0 Å². The fourth-order valence-corrected chi connectivity index (χ4v) is 2.02. The second-order valence-corrected chi connectivity index (χ2v) is 4.13. The molecule has 0 fully saturated rings. The highest BCUT2D eigenvalue weighted by Crippen LogP contribution is 2.31. The minimum atomic E-state index is -0.503. The van der Waals surface area contributed by atoms with Crippen LogP contribution < -0.4 is 4.74 Å². The van der Waals surface area contributed by atoms with Gasteiger partial charge in [-0.2, -0.15) is 5.26 Å². The molecular weight excluding hydrogens is 238 g/mol. The van der Waals surface area contributed by atoms with Crippen LogP contribution in [0, 0.1) is 11.3 Å². The Bertz CT molecular complexity index is 499. The van der Waals surface area contributed by atoms with Crippen molar-refractivity contribution in [1.82, 2.24) is 0 Å². The van der Waals surface area contributed by atoms with Crippen molar-refractivity contribution >= 4 is 16.9 Å². The Morgan fingerprint density at radius 2 is 2.12 bits per heavy atom. The Balaban J connectivity index is 2.97. The summed E-state index contributed by atoms with van der Waals surface area (Å²) in [5.41, 5.74) is -0.249. The molecule has 0 aliphatic rings. The van der Waals surface area contributed by atoms with Crippen molar-refractivity contribution in [3.63, 3.8) is 0 Å². The van der Waals surface area contributed by atoms with E-state index < -0.39 is 5.12 Å². The van der Waals surface area contributed by atoms with Gasteiger partial charge in [0.15, 0.2) is 0 Å². The summed E-state index contributed by atoms with van der Waals surface area (Å²) in [6.45, 7) is 1.30. The normalized spacial score (nSPS) is 11.4. The molecular formula is C12H11NO3S. The number of ether oxygens (including phenoxy) is 1. The summed E-state index contributed by atoms with van der Waals surface area (Å²) in [6, 6.07) is 8.66. The number of nitrogens with zero attached hydrogens (tertiary/aromatic N) is 1. The minimum absolute atomic E-state index is 0.249. The summed E-state index contributed by atoms with van der Waals surface area (Å²) >= 11 is 0.852. The van der Waals surface area contributed by atoms with Gasteiger partial charge >= 0.3 is 0 Å². The molecule has 0 saturated heterocycles. The minimum Gasteiger partial charge on any atom is -0.511 e. The van der Waals surface area contributed by atoms with Crippen LogP contribution in [-0.4, -0.2) is 17.3 Å². The van der Waals surface area contributed by atoms with Crippen molar-refractivity contribution < 1.29 is 14.6 Å². The smallest absolute Gasteiger partial charge is 0.238 e. The lowest BCUT2D eigenvalue weighted by Gasteiger charge is -2.06. The van der Waals surface area contributed by atoms with Crippen LogP contribution in [0.1, 0.15) is 6.92 Å². The Hall–Kier alpha value is -1.93. The number of rotatable bonds is 3. The number of para-hydroxylation sites is 1. The van der Waals surface area contributed by atoms with E-state index >= 15 is 0 Å². The largest absolute Gasteiger partial charge is 0.511 e. The maximum atomic E-state index is 11.7. The number of aliphatic hydroxyl groups is 1. The molecule has 0 saturated carbocycles. The summed E-state index contributed by atoms with van der Waals surface area (Å²) in [4.78, 5) is 12.3. The molecule has 1 aromatic carbocycles. The molecule has 1 N–H and O–H groups in total. The van der Waals surface area contributed by atoms with Crippen LogP contribution in [0.15, 0.2) is 40.5 Å². The van der Waals surface area contributed by atoms with Gasteiger partial charge in [0.05, 0.1) is 12.0 Å². The average Bonchev–Trinajstić information content (AvgIpc) is 2.30. The Morgan fingerprint density at radius 1 is 1.47 bits per heavy atom. The number of carbonyl (C=O) groups excluding carboxylic acids is 1. The van der Waals surface area contributed by atoms with Gasteiger partial charge in [-0.25, -0.2) is 0 Å². The van der Waals surface area contributed by atoms with Gasteiger partial charge in [0.1, 0.15) is 23.2 Å². The molecule has 1 rings (SSSR count). The monoisotopic (exact) mass is 249 g/mol. The number of allylic oxidation sites excluding steroid dienone is 1. The average molecular weight is 249 g/mol. The van der Waals surface area contributed by atoms with Crippen molar-refractivity contribution in [2.24, 2.45) is 0 Å². The predicted octanol–water partition coefficient (Wildman–Crippen LogP) is 2.67. The summed E-state index contributed by atoms with van der Waals surface area (Å²) in [6.07, 6.45) is 0. The topological polar surface area (TPSA) is 70.3 Å². The molecule has 0 amide bonds. The van der Waals surface area contributed by atoms with Crippen molar-refractivity contribution in [3.8, 4) is 11.8 Å². The molecule has 88 valence electrons. The molecule has 0 aliphatic carbocycles. The maximum absolute atomic E-state index is 11.7. The Morgan fingerprint density at radius 3 is 2.65 bits per heavy atom. The molecule has 17 heavy (non-hydrogen) atoms. The fourth-order valence-electron chi connectivity index (χ4n) is 1.13. The molecule has 4 nitrogen and oxygen atoms in total. The quantitative estimate of drug-likeness (QED) is 0.386. The second-order valence-electron chi connectivity index (χ2n) is 3.11. The fraction of sp³-hybridized carbons (Fsp3) is 0.167. The lowest BCUT2D eigenvalue weighted by molar-refractivity contribution is -0.107. The van der Waals surface area contributed by atoms with Crippen molar-refractivity contribution in [1.29, 1.82) is 5.26 Å². The summed E-state index contributed by atoms with van der Waals surface area (Å²) in [5.74, 6) is 0.277. The molecule has 0 aromatic heterocycles. The number of hydrogen-bond donors (Lipinski definition) is 1. The predicted molar refractivity (Wildman–Crippen MR) is 64.8 cm³/mol. The summed E-state index contributed by atoms with van der Waals surface area (Å²) in [7, 11) is 1.50. The third-order valence-corrected chi connectivity index (χ3v) is 2.90. The van der Waals surface area contributed by atoms with E-state index in [0.717, 1.165) is 11.8 Å². The van der Waals surface area contributed by atoms with Gasteiger partial charge in [0, 0.05) is 0 Å². The lowest BCUT2D eigenvalue weighted by Crippen LogP contribution is -1.99. The lowest BCUT2D eigenvalue weighted by atomic mass is 10.3. The van der Waals surface area contributed by atoms with E-state index in [9.17, 15) is 9.90 Å². The highest BCUT2D eigenvalue weighted by Gasteiger charge is 2.16. The molecule has 0 aliphatic heterocycles. The standard InChI is InChI=1S/C12H11NO3S/c1-8(14)9(7-13)12(15)17-11-6-4-3-5-10(11)16-2/h3-6,14H,1-2H3. The SMILES string of the molecule is COc1ccccc1SC(=O)C(C#N)=C(C)O. The summed E-state index contributed by atoms with van der Waals surface area (Å²) < 4.78 is 5.09. The van der Waals surface area contributed by atoms with Gasteiger partial charge < -0.3 is 9.84 Å². The van der Waals surface area contributed by atoms with Gasteiger partial charge in [-0.3, -0.25) is 4.79 Å². The first-order valence-corrected chi connectivity index (χ1v) is 5.57. The first-order chi connectivity index (χ1) is 8.10. The van der Waals surface area contributed by atoms with Crippen LogP contribution in [-0.2, 0) is 4.79 Å². The van der Waals surface area contributed by atoms with E-state index in [0.29, 0.717) is 10.6 Å². The van der Waals surface area contributed by atoms with E-state index in [1.807, 2.05) is 0 Å². The van der Waals surface area contributed by atoms with Crippen LogP contribution in [0.25, 0.3) is 0 Å². The molecule has 5 heteroatoms. The van der Waals surface area contributed by atoms with Crippen LogP contribution in [0.5, 0.6) is 5.75 Å². The molecule has 0 spiro atoms. The number of nitriles is 1. The molecule has 0 bridgehead atoms. The van der Waals surface area contributed by atoms with Gasteiger partial charge in [0.2, 0.25) is 5.12 Å². The Labute approximate surface area is 104 Å². The van der Waals surface area contributed by atoms with Gasteiger partial charge in [-0.15, -0.1) is 0 Å². The van der Waals surface area contributed by atoms with Crippen LogP contribution in [0.2, 0.25) is 0 Å². The number of aliphatic hydroxyl groups excluding tert-OH is 1. The second kappa shape index (κ2) is 5.97. The number of carbonyl (C=O) groups is 1. The number of methoxy groups -OCH3 is 1. The van der Waals surface area contributed by atoms with Crippen LogP contribution in [0.4, 0.5) is 0 Å². The van der Waals surface area contributed by atoms with Gasteiger partial charge in [-0.05, 0) is 30.8 Å². The van der Waals surface area contributed by atoms with E-state index in [1.54, 1.807) is 30.3 Å². The van der Waals surface area contributed by atoms with Gasteiger partial charge in [0.25, 0.3) is 0 Å². The van der Waals surface area contributed by atoms with Crippen molar-refractivity contribution in [3.05, 3.63) is 35.6 Å². The Kier molecular flexibility index (Phi) is 4.61. The van der Waals surface area contributed by atoms with E-state index in [-0.39, 0.29) is 11.3 Å². The molecule has 0 unspecified atom stereocenters. The molecule has 0 radical (unpaired) electrons. The van der Waals surface area contributed by atoms with Crippen LogP contribution in [0.3, 0.4) is 0 Å². The number of thioether (sulfide) groups is 1. The van der Waals surface area contributed by atoms with Crippen molar-refractivity contribution in [2.75, 3.05) is 7.11 Å². The molecule has 0 atom stereocenters. The zero-order valence-corrected chi connectivity index (χ0v) is 10.2. The zero-order valence-electron chi connectivity index (χ0n) is 9.43. The van der Waals surface area contributed by atoms with Crippen molar-refractivity contribution in [2.45, 2.75) is 11.8 Å².